The van der Waals surface area contributed by atoms with E-state index in [1.54, 1.807) is 48.7 Å². The van der Waals surface area contributed by atoms with E-state index in [4.69, 9.17) is 0 Å². The van der Waals surface area contributed by atoms with Crippen molar-refractivity contribution >= 4 is 50.3 Å². The molecule has 0 bridgehead atoms. The molecule has 0 spiro atoms. The SMILES string of the molecule is O=C(O)[C@H](Cc1nc2ccc(/C=C/CNC3=NCCN3)cc2c(=O)[nH]1)NS(=O)(=O)c1ccc(-c2ccccn2)s1. The van der Waals surface area contributed by atoms with Crippen LogP contribution < -0.4 is 20.9 Å². The third kappa shape index (κ3) is 6.42. The predicted molar refractivity (Wildman–Crippen MR) is 153 cm³/mol. The van der Waals surface area contributed by atoms with Gasteiger partial charge in [0, 0.05) is 25.7 Å². The molecule has 5 rings (SSSR count). The number of rotatable bonds is 10. The van der Waals surface area contributed by atoms with Gasteiger partial charge in [0.25, 0.3) is 15.6 Å². The summed E-state index contributed by atoms with van der Waals surface area (Å²) in [4.78, 5) is 40.8. The monoisotopic (exact) mass is 579 g/mol. The lowest BCUT2D eigenvalue weighted by atomic mass is 10.1. The number of H-pyrrole nitrogens is 1. The number of aromatic nitrogens is 3. The Morgan fingerprint density at radius 3 is 2.83 bits per heavy atom. The Labute approximate surface area is 233 Å². The topological polar surface area (TPSA) is 179 Å². The van der Waals surface area contributed by atoms with Crippen LogP contribution in [0.25, 0.3) is 27.6 Å². The van der Waals surface area contributed by atoms with E-state index in [1.807, 2.05) is 12.2 Å². The summed E-state index contributed by atoms with van der Waals surface area (Å²) in [5.74, 6) is -0.603. The lowest BCUT2D eigenvalue weighted by Crippen LogP contribution is -2.42. The van der Waals surface area contributed by atoms with E-state index in [2.05, 4.69) is 35.3 Å². The third-order valence-electron chi connectivity index (χ3n) is 5.91. The minimum absolute atomic E-state index is 0.0466. The number of carboxylic acids is 1. The number of aromatic amines is 1. The smallest absolute Gasteiger partial charge is 0.322 e. The number of fused-ring (bicyclic) bond motifs is 1. The van der Waals surface area contributed by atoms with Crippen LogP contribution in [0.1, 0.15) is 11.4 Å². The minimum Gasteiger partial charge on any atom is -0.480 e. The lowest BCUT2D eigenvalue weighted by molar-refractivity contribution is -0.139. The van der Waals surface area contributed by atoms with E-state index in [-0.39, 0.29) is 16.5 Å². The number of aliphatic carboxylic acids is 1. The van der Waals surface area contributed by atoms with E-state index < -0.39 is 27.6 Å². The van der Waals surface area contributed by atoms with Crippen LogP contribution in [-0.4, -0.2) is 66.1 Å². The maximum Gasteiger partial charge on any atom is 0.322 e. The predicted octanol–water partition coefficient (Wildman–Crippen LogP) is 1.58. The highest BCUT2D eigenvalue weighted by Gasteiger charge is 2.28. The first-order valence-corrected chi connectivity index (χ1v) is 14.6. The lowest BCUT2D eigenvalue weighted by Gasteiger charge is -2.14. The molecule has 1 aliphatic heterocycles. The molecule has 0 aliphatic carbocycles. The Kier molecular flexibility index (Phi) is 8.00. The maximum absolute atomic E-state index is 13.0. The molecule has 0 amide bonds. The molecule has 3 aromatic heterocycles. The molecule has 0 unspecified atom stereocenters. The first-order valence-electron chi connectivity index (χ1n) is 12.3. The van der Waals surface area contributed by atoms with Crippen LogP contribution in [-0.2, 0) is 21.2 Å². The zero-order valence-corrected chi connectivity index (χ0v) is 22.6. The Bertz CT molecular complexity index is 1770. The second-order valence-corrected chi connectivity index (χ2v) is 11.8. The van der Waals surface area contributed by atoms with Gasteiger partial charge in [0.1, 0.15) is 16.1 Å². The van der Waals surface area contributed by atoms with E-state index >= 15 is 0 Å². The Balaban J connectivity index is 1.29. The van der Waals surface area contributed by atoms with E-state index in [1.165, 1.54) is 6.07 Å². The average Bonchev–Trinajstić information content (AvgIpc) is 3.65. The van der Waals surface area contributed by atoms with Crippen molar-refractivity contribution in [3.05, 3.63) is 82.5 Å². The number of sulfonamides is 1. The zero-order chi connectivity index (χ0) is 28.1. The number of aliphatic imine (C=N–C) groups is 1. The van der Waals surface area contributed by atoms with Crippen molar-refractivity contribution in [2.45, 2.75) is 16.7 Å². The van der Waals surface area contributed by atoms with E-state index in [0.717, 1.165) is 35.9 Å². The van der Waals surface area contributed by atoms with Gasteiger partial charge in [-0.3, -0.25) is 19.6 Å². The van der Waals surface area contributed by atoms with Crippen LogP contribution in [0.15, 0.2) is 74.8 Å². The third-order valence-corrected chi connectivity index (χ3v) is 8.98. The van der Waals surface area contributed by atoms with Crippen LogP contribution in [0.5, 0.6) is 0 Å². The van der Waals surface area contributed by atoms with Crippen molar-refractivity contribution in [2.24, 2.45) is 4.99 Å². The zero-order valence-electron chi connectivity index (χ0n) is 21.0. The van der Waals surface area contributed by atoms with Crippen LogP contribution in [0.4, 0.5) is 0 Å². The van der Waals surface area contributed by atoms with Gasteiger partial charge in [-0.25, -0.2) is 13.4 Å². The largest absolute Gasteiger partial charge is 0.480 e. The maximum atomic E-state index is 13.0. The molecule has 0 saturated heterocycles. The Morgan fingerprint density at radius 1 is 1.20 bits per heavy atom. The molecule has 4 aromatic rings. The number of carboxylic acid groups (broad SMARTS) is 1. The number of nitrogens with one attached hydrogen (secondary N) is 4. The van der Waals surface area contributed by atoms with Gasteiger partial charge in [0.15, 0.2) is 5.96 Å². The number of hydrogen-bond acceptors (Lipinski definition) is 10. The number of benzene rings is 1. The molecular weight excluding hydrogens is 554 g/mol. The van der Waals surface area contributed by atoms with Gasteiger partial charge in [-0.2, -0.15) is 4.72 Å². The summed E-state index contributed by atoms with van der Waals surface area (Å²) in [5, 5.41) is 16.3. The quantitative estimate of drug-likeness (QED) is 0.187. The summed E-state index contributed by atoms with van der Waals surface area (Å²) >= 11 is 0.974. The van der Waals surface area contributed by atoms with Gasteiger partial charge in [-0.15, -0.1) is 11.3 Å². The van der Waals surface area contributed by atoms with Crippen LogP contribution in [0, 0.1) is 0 Å². The summed E-state index contributed by atoms with van der Waals surface area (Å²) in [7, 11) is -4.17. The minimum atomic E-state index is -4.17. The fourth-order valence-corrected chi connectivity index (χ4v) is 6.49. The van der Waals surface area contributed by atoms with Gasteiger partial charge in [-0.1, -0.05) is 24.3 Å². The molecule has 5 N–H and O–H groups in total. The van der Waals surface area contributed by atoms with Crippen molar-refractivity contribution < 1.29 is 18.3 Å². The van der Waals surface area contributed by atoms with E-state index in [9.17, 15) is 23.1 Å². The molecular formula is C26H25N7O5S2. The van der Waals surface area contributed by atoms with Crippen LogP contribution in [0.3, 0.4) is 0 Å². The summed E-state index contributed by atoms with van der Waals surface area (Å²) in [6.45, 7) is 2.12. The second-order valence-electron chi connectivity index (χ2n) is 8.78. The second kappa shape index (κ2) is 11.8. The number of hydrogen-bond donors (Lipinski definition) is 5. The molecule has 0 fully saturated rings. The number of guanidine groups is 1. The molecule has 40 heavy (non-hydrogen) atoms. The van der Waals surface area contributed by atoms with Crippen molar-refractivity contribution in [1.82, 2.24) is 30.3 Å². The van der Waals surface area contributed by atoms with Gasteiger partial charge < -0.3 is 20.7 Å². The van der Waals surface area contributed by atoms with Crippen molar-refractivity contribution in [3.63, 3.8) is 0 Å². The first kappa shape index (κ1) is 27.2. The molecule has 4 heterocycles. The molecule has 0 radical (unpaired) electrons. The molecule has 1 aliphatic rings. The van der Waals surface area contributed by atoms with Crippen LogP contribution in [0.2, 0.25) is 0 Å². The first-order chi connectivity index (χ1) is 19.3. The fourth-order valence-electron chi connectivity index (χ4n) is 4.00. The van der Waals surface area contributed by atoms with Gasteiger partial charge in [0.05, 0.1) is 28.0 Å². The molecule has 1 atom stereocenters. The van der Waals surface area contributed by atoms with Gasteiger partial charge in [-0.05, 0) is 42.0 Å². The summed E-state index contributed by atoms with van der Waals surface area (Å²) in [5.41, 5.74) is 1.30. The summed E-state index contributed by atoms with van der Waals surface area (Å²) in [6, 6.07) is 11.9. The molecule has 206 valence electrons. The molecule has 12 nitrogen and oxygen atoms in total. The standard InChI is InChI=1S/C26H25N7O5S2/c34-24-17-14-16(4-3-11-28-26-29-12-13-30-26)6-7-18(17)31-22(32-24)15-20(25(35)36)33-40(37,38)23-9-8-21(39-23)19-5-1-2-10-27-19/h1-10,14,20,33H,11-13,15H2,(H,35,36)(H2,28,29,30)(H,31,32,34)/b4-3+/t20-/m0/s1. The molecule has 1 aromatic carbocycles. The number of thiophene rings is 1. The molecule has 0 saturated carbocycles. The highest BCUT2D eigenvalue weighted by Crippen LogP contribution is 2.29. The van der Waals surface area contributed by atoms with Crippen molar-refractivity contribution in [1.29, 1.82) is 0 Å². The van der Waals surface area contributed by atoms with Crippen molar-refractivity contribution in [3.8, 4) is 10.6 Å². The highest BCUT2D eigenvalue weighted by atomic mass is 32.2. The van der Waals surface area contributed by atoms with E-state index in [0.29, 0.717) is 28.0 Å². The fraction of sp³-hybridized carbons (Fsp3) is 0.192. The number of pyridine rings is 1. The summed E-state index contributed by atoms with van der Waals surface area (Å²) < 4.78 is 28.1. The highest BCUT2D eigenvalue weighted by molar-refractivity contribution is 7.91. The van der Waals surface area contributed by atoms with Gasteiger partial charge in [0.2, 0.25) is 0 Å². The number of carbonyl (C=O) groups is 1. The Morgan fingerprint density at radius 2 is 2.08 bits per heavy atom. The normalized spacial score (nSPS) is 14.2. The number of nitrogens with zero attached hydrogens (tertiary/aromatic N) is 3. The van der Waals surface area contributed by atoms with Crippen LogP contribution >= 0.6 is 11.3 Å². The van der Waals surface area contributed by atoms with Gasteiger partial charge >= 0.3 is 5.97 Å². The van der Waals surface area contributed by atoms with Crippen molar-refractivity contribution in [2.75, 3.05) is 19.6 Å². The average molecular weight is 580 g/mol. The summed E-state index contributed by atoms with van der Waals surface area (Å²) in [6.07, 6.45) is 4.99. The molecule has 14 heteroatoms. The Hall–Kier alpha value is -4.40.